The largest absolute Gasteiger partial charge is 0.512 e. The second kappa shape index (κ2) is 7.00. The van der Waals surface area contributed by atoms with Crippen LogP contribution < -0.4 is 3.71 Å². The Bertz CT molecular complexity index is 902. The molecule has 0 bridgehead atoms. The zero-order valence-corrected chi connectivity index (χ0v) is 16.4. The van der Waals surface area contributed by atoms with Gasteiger partial charge in [-0.15, -0.1) is 11.8 Å². The van der Waals surface area contributed by atoms with E-state index in [4.69, 9.17) is 0 Å². The lowest BCUT2D eigenvalue weighted by Crippen LogP contribution is -2.35. The van der Waals surface area contributed by atoms with E-state index in [-0.39, 0.29) is 36.0 Å². The van der Waals surface area contributed by atoms with E-state index in [0.29, 0.717) is 14.2 Å². The molecule has 0 aromatic heterocycles. The molecule has 25 heavy (non-hydrogen) atoms. The highest BCUT2D eigenvalue weighted by molar-refractivity contribution is 8.09. The standard InChI is InChI=1S/C15H19NO6S3/c1-23-15-5-4-10(11-6-12(17)9-13(18)7-11)8-14(15)16(24(2,19)20)25(3,21)22/h4-5,8-9,11,17H,6-7H2,1-3H3. The molecule has 1 aromatic carbocycles. The molecule has 1 aliphatic carbocycles. The van der Waals surface area contributed by atoms with Gasteiger partial charge in [0.15, 0.2) is 5.78 Å². The van der Waals surface area contributed by atoms with Crippen molar-refractivity contribution in [2.75, 3.05) is 22.5 Å². The van der Waals surface area contributed by atoms with Crippen LogP contribution in [0.3, 0.4) is 0 Å². The number of benzene rings is 1. The number of sulfonamides is 2. The molecule has 10 heteroatoms. The van der Waals surface area contributed by atoms with Crippen LogP contribution in [0.1, 0.15) is 24.3 Å². The number of anilines is 1. The zero-order valence-electron chi connectivity index (χ0n) is 14.0. The summed E-state index contributed by atoms with van der Waals surface area (Å²) in [5, 5.41) is 9.68. The Labute approximate surface area is 151 Å². The van der Waals surface area contributed by atoms with Gasteiger partial charge < -0.3 is 5.11 Å². The molecule has 2 rings (SSSR count). The van der Waals surface area contributed by atoms with Crippen molar-refractivity contribution in [1.82, 2.24) is 0 Å². The minimum Gasteiger partial charge on any atom is -0.512 e. The third-order valence-corrected chi connectivity index (χ3v) is 7.71. The smallest absolute Gasteiger partial charge is 0.245 e. The van der Waals surface area contributed by atoms with Crippen LogP contribution in [0, 0.1) is 0 Å². The van der Waals surface area contributed by atoms with Crippen LogP contribution in [-0.4, -0.2) is 46.5 Å². The van der Waals surface area contributed by atoms with Crippen LogP contribution in [0.2, 0.25) is 0 Å². The third kappa shape index (κ3) is 4.56. The third-order valence-electron chi connectivity index (χ3n) is 3.70. The van der Waals surface area contributed by atoms with Crippen LogP contribution >= 0.6 is 11.8 Å². The minimum absolute atomic E-state index is 0.0245. The van der Waals surface area contributed by atoms with Gasteiger partial charge in [0, 0.05) is 23.8 Å². The van der Waals surface area contributed by atoms with Gasteiger partial charge in [-0.25, -0.2) is 16.8 Å². The van der Waals surface area contributed by atoms with Gasteiger partial charge >= 0.3 is 0 Å². The Hall–Kier alpha value is -1.52. The molecule has 0 saturated carbocycles. The highest BCUT2D eigenvalue weighted by atomic mass is 32.3. The maximum absolute atomic E-state index is 12.1. The second-order valence-corrected chi connectivity index (χ2v) is 10.6. The maximum Gasteiger partial charge on any atom is 0.245 e. The number of carbonyl (C=O) groups excluding carboxylic acids is 1. The number of nitrogens with zero attached hydrogens (tertiary/aromatic N) is 1. The first-order valence-electron chi connectivity index (χ1n) is 7.24. The van der Waals surface area contributed by atoms with Crippen molar-refractivity contribution in [2.45, 2.75) is 23.7 Å². The van der Waals surface area contributed by atoms with Gasteiger partial charge in [0.25, 0.3) is 0 Å². The molecular formula is C15H19NO6S3. The minimum atomic E-state index is -4.07. The summed E-state index contributed by atoms with van der Waals surface area (Å²) in [5.41, 5.74) is 0.620. The Balaban J connectivity index is 2.62. The van der Waals surface area contributed by atoms with E-state index in [1.54, 1.807) is 18.4 Å². The molecule has 0 aliphatic heterocycles. The average Bonchev–Trinajstić information content (AvgIpc) is 2.43. The summed E-state index contributed by atoms with van der Waals surface area (Å²) in [4.78, 5) is 12.1. The lowest BCUT2D eigenvalue weighted by atomic mass is 9.86. The van der Waals surface area contributed by atoms with Gasteiger partial charge in [-0.1, -0.05) is 6.07 Å². The van der Waals surface area contributed by atoms with E-state index in [0.717, 1.165) is 12.5 Å². The fourth-order valence-corrected chi connectivity index (χ4v) is 6.48. The topological polar surface area (TPSA) is 109 Å². The molecular weight excluding hydrogens is 386 g/mol. The molecule has 138 valence electrons. The predicted octanol–water partition coefficient (Wildman–Crippen LogP) is 2.02. The fourth-order valence-electron chi connectivity index (χ4n) is 2.81. The first-order valence-corrected chi connectivity index (χ1v) is 12.2. The molecule has 7 nitrogen and oxygen atoms in total. The van der Waals surface area contributed by atoms with Gasteiger partial charge in [0.1, 0.15) is 0 Å². The van der Waals surface area contributed by atoms with Crippen molar-refractivity contribution in [3.05, 3.63) is 35.6 Å². The van der Waals surface area contributed by atoms with Crippen molar-refractivity contribution >= 4 is 43.3 Å². The summed E-state index contributed by atoms with van der Waals surface area (Å²) in [7, 11) is -8.15. The number of aliphatic hydroxyl groups is 1. The van der Waals surface area contributed by atoms with Crippen molar-refractivity contribution < 1.29 is 26.7 Å². The van der Waals surface area contributed by atoms with Crippen LogP contribution in [0.25, 0.3) is 0 Å². The molecule has 0 spiro atoms. The molecule has 0 amide bonds. The molecule has 1 N–H and O–H groups in total. The molecule has 0 heterocycles. The van der Waals surface area contributed by atoms with Gasteiger partial charge in [0.05, 0.1) is 24.0 Å². The number of hydrogen-bond donors (Lipinski definition) is 1. The summed E-state index contributed by atoms with van der Waals surface area (Å²) in [6.07, 6.45) is 4.93. The second-order valence-electron chi connectivity index (χ2n) is 5.86. The highest BCUT2D eigenvalue weighted by Crippen LogP contribution is 2.38. The summed E-state index contributed by atoms with van der Waals surface area (Å²) in [6.45, 7) is 0. The molecule has 0 saturated heterocycles. The quantitative estimate of drug-likeness (QED) is 0.747. The summed E-state index contributed by atoms with van der Waals surface area (Å²) in [5.74, 6) is -0.611. The summed E-state index contributed by atoms with van der Waals surface area (Å²) in [6, 6.07) is 4.80. The number of thioether (sulfide) groups is 1. The predicted molar refractivity (Wildman–Crippen MR) is 98.1 cm³/mol. The first kappa shape index (κ1) is 19.8. The Kier molecular flexibility index (Phi) is 5.55. The van der Waals surface area contributed by atoms with Crippen molar-refractivity contribution in [3.63, 3.8) is 0 Å². The number of allylic oxidation sites excluding steroid dienone is 2. The SMILES string of the molecule is CSc1ccc(C2CC(=O)C=C(O)C2)cc1N(S(C)(=O)=O)S(C)(=O)=O. The van der Waals surface area contributed by atoms with E-state index in [2.05, 4.69) is 0 Å². The van der Waals surface area contributed by atoms with E-state index >= 15 is 0 Å². The number of aliphatic hydroxyl groups excluding tert-OH is 1. The van der Waals surface area contributed by atoms with Crippen LogP contribution in [0.5, 0.6) is 0 Å². The fraction of sp³-hybridized carbons (Fsp3) is 0.400. The van der Waals surface area contributed by atoms with Gasteiger partial charge in [-0.05, 0) is 29.9 Å². The summed E-state index contributed by atoms with van der Waals surface area (Å²) >= 11 is 1.21. The van der Waals surface area contributed by atoms with Crippen LogP contribution in [0.15, 0.2) is 34.9 Å². The van der Waals surface area contributed by atoms with E-state index in [1.165, 1.54) is 23.9 Å². The lowest BCUT2D eigenvalue weighted by Gasteiger charge is -2.25. The van der Waals surface area contributed by atoms with E-state index < -0.39 is 20.0 Å². The monoisotopic (exact) mass is 405 g/mol. The Morgan fingerprint density at radius 3 is 2.20 bits per heavy atom. The first-order chi connectivity index (χ1) is 11.4. The van der Waals surface area contributed by atoms with Gasteiger partial charge in [-0.2, -0.15) is 3.71 Å². The van der Waals surface area contributed by atoms with Crippen molar-refractivity contribution in [1.29, 1.82) is 0 Å². The van der Waals surface area contributed by atoms with E-state index in [1.807, 2.05) is 0 Å². The maximum atomic E-state index is 12.1. The molecule has 1 aromatic rings. The van der Waals surface area contributed by atoms with Crippen molar-refractivity contribution in [2.24, 2.45) is 0 Å². The highest BCUT2D eigenvalue weighted by Gasteiger charge is 2.31. The number of carbonyl (C=O) groups is 1. The van der Waals surface area contributed by atoms with Crippen LogP contribution in [0.4, 0.5) is 5.69 Å². The molecule has 0 radical (unpaired) electrons. The average molecular weight is 406 g/mol. The van der Waals surface area contributed by atoms with Crippen molar-refractivity contribution in [3.8, 4) is 0 Å². The molecule has 1 atom stereocenters. The number of rotatable bonds is 5. The Morgan fingerprint density at radius 2 is 1.72 bits per heavy atom. The molecule has 1 aliphatic rings. The lowest BCUT2D eigenvalue weighted by molar-refractivity contribution is -0.115. The van der Waals surface area contributed by atoms with Gasteiger partial charge in [-0.3, -0.25) is 4.79 Å². The zero-order chi connectivity index (χ0) is 19.0. The number of hydrogen-bond acceptors (Lipinski definition) is 7. The summed E-state index contributed by atoms with van der Waals surface area (Å²) < 4.78 is 48.7. The Morgan fingerprint density at radius 1 is 1.12 bits per heavy atom. The van der Waals surface area contributed by atoms with E-state index in [9.17, 15) is 26.7 Å². The van der Waals surface area contributed by atoms with Crippen LogP contribution in [-0.2, 0) is 24.8 Å². The normalized spacial score (nSPS) is 18.8. The number of ketones is 1. The van der Waals surface area contributed by atoms with Gasteiger partial charge in [0.2, 0.25) is 20.0 Å². The molecule has 1 unspecified atom stereocenters. The molecule has 0 fully saturated rings.